The van der Waals surface area contributed by atoms with E-state index in [-0.39, 0.29) is 73.0 Å². The van der Waals surface area contributed by atoms with Crippen molar-refractivity contribution < 1.29 is 13.5 Å². The van der Waals surface area contributed by atoms with Gasteiger partial charge in [-0.05, 0) is 64.3 Å². The van der Waals surface area contributed by atoms with Crippen molar-refractivity contribution in [1.29, 1.82) is 5.26 Å². The molecule has 3 aliphatic heterocycles. The summed E-state index contributed by atoms with van der Waals surface area (Å²) in [7, 11) is 2.05. The molecule has 6 heterocycles. The predicted octanol–water partition coefficient (Wildman–Crippen LogP) is 4.15. The number of nitrogen functional groups attached to an aromatic ring is 1. The van der Waals surface area contributed by atoms with Gasteiger partial charge in [-0.3, -0.25) is 4.79 Å². The van der Waals surface area contributed by atoms with E-state index in [1.54, 1.807) is 0 Å². The fourth-order valence-electron chi connectivity index (χ4n) is 7.28. The number of anilines is 2. The van der Waals surface area contributed by atoms with Crippen LogP contribution in [0.1, 0.15) is 50.1 Å². The summed E-state index contributed by atoms with van der Waals surface area (Å²) >= 11 is 0.939. The fraction of sp³-hybridized carbons (Fsp3) is 0.484. The molecule has 1 saturated carbocycles. The van der Waals surface area contributed by atoms with Crippen molar-refractivity contribution >= 4 is 43.1 Å². The second-order valence-corrected chi connectivity index (χ2v) is 13.6. The van der Waals surface area contributed by atoms with Crippen molar-refractivity contribution in [3.8, 4) is 23.3 Å². The number of nitrogens with zero attached hydrogens (tertiary/aromatic N) is 6. The first-order valence-electron chi connectivity index (χ1n) is 15.2. The maximum atomic E-state index is 17.2. The van der Waals surface area contributed by atoms with Crippen molar-refractivity contribution in [3.05, 3.63) is 39.7 Å². The lowest BCUT2D eigenvalue weighted by Crippen LogP contribution is -2.51. The fourth-order valence-corrected chi connectivity index (χ4v) is 8.22. The van der Waals surface area contributed by atoms with Gasteiger partial charge in [-0.1, -0.05) is 0 Å². The first kappa shape index (κ1) is 27.7. The van der Waals surface area contributed by atoms with Crippen LogP contribution in [0.2, 0.25) is 0 Å². The quantitative estimate of drug-likeness (QED) is 0.328. The topological polar surface area (TPSA) is 125 Å². The second-order valence-electron chi connectivity index (χ2n) is 12.5. The Labute approximate surface area is 256 Å². The van der Waals surface area contributed by atoms with Gasteiger partial charge >= 0.3 is 6.01 Å². The smallest absolute Gasteiger partial charge is 0.319 e. The number of nitriles is 1. The van der Waals surface area contributed by atoms with E-state index in [0.717, 1.165) is 43.6 Å². The molecule has 2 bridgehead atoms. The van der Waals surface area contributed by atoms with Gasteiger partial charge in [0.1, 0.15) is 40.2 Å². The lowest BCUT2D eigenvalue weighted by atomic mass is 10.0. The minimum absolute atomic E-state index is 0.0178. The van der Waals surface area contributed by atoms with Crippen LogP contribution >= 0.6 is 11.3 Å². The van der Waals surface area contributed by atoms with Gasteiger partial charge in [0.15, 0.2) is 5.82 Å². The molecule has 3 atom stereocenters. The van der Waals surface area contributed by atoms with Crippen molar-refractivity contribution in [1.82, 2.24) is 24.8 Å². The highest BCUT2D eigenvalue weighted by molar-refractivity contribution is 7.23. The number of piperazine rings is 1. The minimum atomic E-state index is -0.724. The molecule has 0 spiro atoms. The number of aromatic nitrogens is 3. The summed E-state index contributed by atoms with van der Waals surface area (Å²) in [5.74, 6) is -0.901. The molecule has 228 valence electrons. The number of rotatable bonds is 6. The number of nitrogens with two attached hydrogens (primary N) is 1. The number of likely N-dealkylation sites (N-methyl/N-ethyl adjacent to an activating group) is 1. The van der Waals surface area contributed by atoms with Gasteiger partial charge in [0.25, 0.3) is 5.56 Å². The zero-order valence-electron chi connectivity index (χ0n) is 24.3. The van der Waals surface area contributed by atoms with Gasteiger partial charge in [-0.15, -0.1) is 11.3 Å². The third kappa shape index (κ3) is 4.34. The number of benzene rings is 1. The number of fused-ring (bicyclic) bond motifs is 4. The molecular formula is C31H32F2N8O2S. The lowest BCUT2D eigenvalue weighted by Gasteiger charge is -2.34. The number of pyridine rings is 1. The monoisotopic (exact) mass is 618 g/mol. The summed E-state index contributed by atoms with van der Waals surface area (Å²) in [5.41, 5.74) is 5.86. The van der Waals surface area contributed by atoms with Gasteiger partial charge < -0.3 is 30.2 Å². The molecule has 3 N–H and O–H groups in total. The molecule has 8 rings (SSSR count). The van der Waals surface area contributed by atoms with E-state index in [9.17, 15) is 14.4 Å². The van der Waals surface area contributed by atoms with E-state index in [4.69, 9.17) is 15.5 Å². The van der Waals surface area contributed by atoms with Crippen LogP contribution < -0.4 is 26.2 Å². The van der Waals surface area contributed by atoms with E-state index in [2.05, 4.69) is 26.2 Å². The van der Waals surface area contributed by atoms with Crippen LogP contribution in [0.3, 0.4) is 0 Å². The Balaban J connectivity index is 1.38. The maximum absolute atomic E-state index is 17.2. The van der Waals surface area contributed by atoms with Gasteiger partial charge in [0.05, 0.1) is 16.0 Å². The SMILES string of the molecule is CN1CCC[C@H]1COc1nc(N2CC3CCC(C2)N3)c2c(=O)n(C3CC3)c(-c3ccc(F)c4sc(N)c(C#N)c34)c(F)c2n1. The summed E-state index contributed by atoms with van der Waals surface area (Å²) in [5, 5.41) is 14.0. The molecule has 0 amide bonds. The van der Waals surface area contributed by atoms with Gasteiger partial charge in [0, 0.05) is 48.2 Å². The number of hydrogen-bond acceptors (Lipinski definition) is 10. The van der Waals surface area contributed by atoms with Crippen LogP contribution in [-0.4, -0.2) is 70.8 Å². The number of hydrogen-bond donors (Lipinski definition) is 2. The van der Waals surface area contributed by atoms with Crippen LogP contribution in [0, 0.1) is 23.0 Å². The molecule has 44 heavy (non-hydrogen) atoms. The molecule has 1 aromatic carbocycles. The van der Waals surface area contributed by atoms with E-state index in [0.29, 0.717) is 38.4 Å². The first-order chi connectivity index (χ1) is 21.3. The highest BCUT2D eigenvalue weighted by Gasteiger charge is 2.38. The molecule has 10 nitrogen and oxygen atoms in total. The van der Waals surface area contributed by atoms with Crippen molar-refractivity contribution in [3.63, 3.8) is 0 Å². The minimum Gasteiger partial charge on any atom is -0.462 e. The Bertz CT molecular complexity index is 1920. The summed E-state index contributed by atoms with van der Waals surface area (Å²) in [4.78, 5) is 28.2. The largest absolute Gasteiger partial charge is 0.462 e. The summed E-state index contributed by atoms with van der Waals surface area (Å²) < 4.78 is 39.9. The lowest BCUT2D eigenvalue weighted by molar-refractivity contribution is 0.188. The second kappa shape index (κ2) is 10.4. The maximum Gasteiger partial charge on any atom is 0.319 e. The van der Waals surface area contributed by atoms with Crippen LogP contribution in [-0.2, 0) is 0 Å². The van der Waals surface area contributed by atoms with Crippen LogP contribution in [0.15, 0.2) is 16.9 Å². The van der Waals surface area contributed by atoms with E-state index in [1.807, 2.05) is 7.05 Å². The number of halogens is 2. The van der Waals surface area contributed by atoms with Crippen LogP contribution in [0.25, 0.3) is 32.2 Å². The zero-order chi connectivity index (χ0) is 30.3. The summed E-state index contributed by atoms with van der Waals surface area (Å²) in [6.45, 7) is 2.60. The number of likely N-dealkylation sites (tertiary alicyclic amines) is 1. The standard InChI is InChI=1S/C31H32F2N8O2S/c1-39-10-2-3-18(39)14-43-31-37-25-23(29(38-31)40-12-15-4-5-16(13-40)36-15)30(42)41(17-6-7-17)26(24(25)33)19-8-9-21(32)27-22(19)20(11-34)28(35)44-27/h8-9,15-18,36H,2-7,10,12-14,35H2,1H3/t15?,16?,18-/m0/s1. The highest BCUT2D eigenvalue weighted by atomic mass is 32.1. The van der Waals surface area contributed by atoms with E-state index in [1.165, 1.54) is 16.7 Å². The molecule has 2 unspecified atom stereocenters. The Morgan fingerprint density at radius 3 is 2.59 bits per heavy atom. The van der Waals surface area contributed by atoms with Crippen molar-refractivity contribution in [2.24, 2.45) is 0 Å². The van der Waals surface area contributed by atoms with Crippen LogP contribution in [0.4, 0.5) is 19.6 Å². The summed E-state index contributed by atoms with van der Waals surface area (Å²) in [6, 6.07) is 5.21. The van der Waals surface area contributed by atoms with E-state index < -0.39 is 17.2 Å². The molecule has 4 fully saturated rings. The molecule has 13 heteroatoms. The molecule has 3 saturated heterocycles. The normalized spacial score (nSPS) is 23.6. The number of nitrogens with one attached hydrogen (secondary N) is 1. The van der Waals surface area contributed by atoms with Gasteiger partial charge in [-0.25, -0.2) is 8.78 Å². The van der Waals surface area contributed by atoms with Gasteiger partial charge in [-0.2, -0.15) is 15.2 Å². The Hall–Kier alpha value is -3.86. The zero-order valence-corrected chi connectivity index (χ0v) is 25.1. The van der Waals surface area contributed by atoms with Crippen molar-refractivity contribution in [2.45, 2.75) is 62.7 Å². The van der Waals surface area contributed by atoms with Gasteiger partial charge in [0.2, 0.25) is 0 Å². The molecule has 4 aromatic rings. The molecular weight excluding hydrogens is 586 g/mol. The van der Waals surface area contributed by atoms with Crippen molar-refractivity contribution in [2.75, 3.05) is 43.9 Å². The third-order valence-corrected chi connectivity index (χ3v) is 10.7. The predicted molar refractivity (Wildman–Crippen MR) is 165 cm³/mol. The average Bonchev–Trinajstić information content (AvgIpc) is 3.55. The average molecular weight is 619 g/mol. The molecule has 0 radical (unpaired) electrons. The first-order valence-corrected chi connectivity index (χ1v) is 16.0. The molecule has 4 aliphatic rings. The van der Waals surface area contributed by atoms with Crippen LogP contribution in [0.5, 0.6) is 6.01 Å². The number of thiophene rings is 1. The van der Waals surface area contributed by atoms with E-state index >= 15 is 4.39 Å². The Kier molecular flexibility index (Phi) is 6.51. The molecule has 3 aromatic heterocycles. The third-order valence-electron chi connectivity index (χ3n) is 9.65. The Morgan fingerprint density at radius 2 is 1.91 bits per heavy atom. The molecule has 1 aliphatic carbocycles. The highest BCUT2D eigenvalue weighted by Crippen LogP contribution is 2.45. The number of ether oxygens (including phenoxy) is 1. The Morgan fingerprint density at radius 1 is 1.14 bits per heavy atom. The summed E-state index contributed by atoms with van der Waals surface area (Å²) in [6.07, 6.45) is 5.50.